The molecular formula is C27H26O7. The summed E-state index contributed by atoms with van der Waals surface area (Å²) in [6.07, 6.45) is -0.774. The number of hydrogen-bond acceptors (Lipinski definition) is 7. The summed E-state index contributed by atoms with van der Waals surface area (Å²) in [5, 5.41) is 24.1. The number of carbonyl (C=O) groups excluding carboxylic acids is 1. The topological polar surface area (TPSA) is 94.5 Å². The van der Waals surface area contributed by atoms with E-state index in [2.05, 4.69) is 0 Å². The van der Waals surface area contributed by atoms with Gasteiger partial charge in [0.05, 0.1) is 32.8 Å². The van der Waals surface area contributed by atoms with E-state index in [1.54, 1.807) is 43.5 Å². The Hall–Kier alpha value is -3.55. The monoisotopic (exact) mass is 462 g/mol. The van der Waals surface area contributed by atoms with E-state index < -0.39 is 29.1 Å². The molecule has 1 saturated carbocycles. The third kappa shape index (κ3) is 2.74. The number of fused-ring (bicyclic) bond motifs is 3. The molecule has 2 aliphatic rings. The molecule has 1 aliphatic heterocycles. The molecule has 5 atom stereocenters. The molecule has 0 unspecified atom stereocenters. The zero-order valence-corrected chi connectivity index (χ0v) is 19.1. The highest BCUT2D eigenvalue weighted by molar-refractivity contribution is 5.68. The van der Waals surface area contributed by atoms with Crippen molar-refractivity contribution in [2.75, 3.05) is 21.3 Å². The van der Waals surface area contributed by atoms with Crippen LogP contribution in [0.25, 0.3) is 0 Å². The molecule has 7 heteroatoms. The molecule has 5 rings (SSSR count). The maximum Gasteiger partial charge on any atom is 0.177 e. The van der Waals surface area contributed by atoms with Gasteiger partial charge in [-0.2, -0.15) is 0 Å². The lowest BCUT2D eigenvalue weighted by molar-refractivity contribution is -0.152. The first-order chi connectivity index (χ1) is 16.5. The van der Waals surface area contributed by atoms with Gasteiger partial charge in [-0.05, 0) is 23.3 Å². The summed E-state index contributed by atoms with van der Waals surface area (Å²) in [5.41, 5.74) is -1.91. The lowest BCUT2D eigenvalue weighted by Gasteiger charge is -2.40. The first-order valence-electron chi connectivity index (χ1n) is 11.0. The highest BCUT2D eigenvalue weighted by atomic mass is 16.5. The third-order valence-corrected chi connectivity index (χ3v) is 7.16. The number of methoxy groups -OCH3 is 3. The summed E-state index contributed by atoms with van der Waals surface area (Å²) in [5.74, 6) is 0.0580. The van der Waals surface area contributed by atoms with Gasteiger partial charge >= 0.3 is 0 Å². The largest absolute Gasteiger partial charge is 0.497 e. The van der Waals surface area contributed by atoms with Gasteiger partial charge in [0.15, 0.2) is 11.2 Å². The SMILES string of the molecule is COc1ccc([C@@]23Oc4cc(OC)cc(OC)c4[C@]2(O)[C@H](O)[C@@H](C=O)[C@@H]3c2ccccc2)cc1. The summed E-state index contributed by atoms with van der Waals surface area (Å²) in [4.78, 5) is 12.4. The molecule has 0 radical (unpaired) electrons. The number of aldehydes is 1. The van der Waals surface area contributed by atoms with Crippen LogP contribution in [-0.2, 0) is 16.0 Å². The Balaban J connectivity index is 1.86. The van der Waals surface area contributed by atoms with Crippen LogP contribution >= 0.6 is 0 Å². The molecule has 1 heterocycles. The van der Waals surface area contributed by atoms with E-state index in [4.69, 9.17) is 18.9 Å². The molecule has 34 heavy (non-hydrogen) atoms. The summed E-state index contributed by atoms with van der Waals surface area (Å²) >= 11 is 0. The molecule has 7 nitrogen and oxygen atoms in total. The fraction of sp³-hybridized carbons (Fsp3) is 0.296. The Morgan fingerprint density at radius 2 is 1.59 bits per heavy atom. The van der Waals surface area contributed by atoms with Crippen LogP contribution in [0.2, 0.25) is 0 Å². The molecule has 176 valence electrons. The van der Waals surface area contributed by atoms with Crippen molar-refractivity contribution in [1.29, 1.82) is 0 Å². The average Bonchev–Trinajstić information content (AvgIpc) is 3.26. The normalized spacial score (nSPS) is 29.0. The zero-order valence-electron chi connectivity index (χ0n) is 19.1. The fourth-order valence-corrected chi connectivity index (χ4v) is 5.71. The van der Waals surface area contributed by atoms with Crippen LogP contribution in [0.5, 0.6) is 23.0 Å². The molecule has 0 bridgehead atoms. The Labute approximate surface area is 197 Å². The third-order valence-electron chi connectivity index (χ3n) is 7.16. The minimum absolute atomic E-state index is 0.282. The van der Waals surface area contributed by atoms with Gasteiger partial charge in [0, 0.05) is 18.1 Å². The van der Waals surface area contributed by atoms with Gasteiger partial charge in [-0.25, -0.2) is 0 Å². The minimum Gasteiger partial charge on any atom is -0.497 e. The summed E-state index contributed by atoms with van der Waals surface area (Å²) < 4.78 is 23.0. The van der Waals surface area contributed by atoms with Gasteiger partial charge in [-0.1, -0.05) is 42.5 Å². The van der Waals surface area contributed by atoms with E-state index in [-0.39, 0.29) is 5.56 Å². The van der Waals surface area contributed by atoms with Crippen LogP contribution in [0.15, 0.2) is 66.7 Å². The standard InChI is InChI=1S/C27H26O7/c1-31-18-11-9-17(10-12-18)27-23(16-7-5-4-6-8-16)20(15-28)25(29)26(27,30)24-21(33-3)13-19(32-2)14-22(24)34-27/h4-15,20,23,25,29-30H,1-3H3/t20-,23-,25+,26-,27-/m0/s1. The molecule has 1 aliphatic carbocycles. The summed E-state index contributed by atoms with van der Waals surface area (Å²) in [6, 6.07) is 19.7. The molecule has 0 amide bonds. The van der Waals surface area contributed by atoms with Crippen molar-refractivity contribution in [2.45, 2.75) is 23.2 Å². The van der Waals surface area contributed by atoms with Gasteiger partial charge < -0.3 is 34.0 Å². The fourth-order valence-electron chi connectivity index (χ4n) is 5.71. The molecule has 3 aromatic rings. The maximum absolute atomic E-state index is 12.5. The average molecular weight is 462 g/mol. The van der Waals surface area contributed by atoms with Crippen LogP contribution in [-0.4, -0.2) is 43.9 Å². The van der Waals surface area contributed by atoms with Gasteiger partial charge in [-0.15, -0.1) is 0 Å². The maximum atomic E-state index is 12.5. The Morgan fingerprint density at radius 1 is 0.912 bits per heavy atom. The second kappa shape index (κ2) is 8.04. The molecule has 3 aromatic carbocycles. The van der Waals surface area contributed by atoms with E-state index in [1.165, 1.54) is 14.2 Å². The predicted molar refractivity (Wildman–Crippen MR) is 123 cm³/mol. The minimum atomic E-state index is -2.00. The molecular weight excluding hydrogens is 436 g/mol. The van der Waals surface area contributed by atoms with Gasteiger partial charge in [0.1, 0.15) is 35.4 Å². The van der Waals surface area contributed by atoms with E-state index in [0.29, 0.717) is 34.8 Å². The lowest BCUT2D eigenvalue weighted by Crippen LogP contribution is -2.52. The van der Waals surface area contributed by atoms with Crippen molar-refractivity contribution in [2.24, 2.45) is 5.92 Å². The van der Waals surface area contributed by atoms with Crippen molar-refractivity contribution in [1.82, 2.24) is 0 Å². The van der Waals surface area contributed by atoms with Gasteiger partial charge in [0.2, 0.25) is 0 Å². The van der Waals surface area contributed by atoms with Crippen molar-refractivity contribution < 1.29 is 34.0 Å². The number of hydrogen-bond donors (Lipinski definition) is 2. The number of carbonyl (C=O) groups is 1. The second-order valence-corrected chi connectivity index (χ2v) is 8.58. The van der Waals surface area contributed by atoms with E-state index in [0.717, 1.165) is 5.56 Å². The smallest absolute Gasteiger partial charge is 0.177 e. The van der Waals surface area contributed by atoms with Crippen molar-refractivity contribution in [3.63, 3.8) is 0 Å². The van der Waals surface area contributed by atoms with Crippen LogP contribution in [0.3, 0.4) is 0 Å². The van der Waals surface area contributed by atoms with E-state index in [1.807, 2.05) is 30.3 Å². The van der Waals surface area contributed by atoms with Crippen molar-refractivity contribution >= 4 is 6.29 Å². The molecule has 2 N–H and O–H groups in total. The van der Waals surface area contributed by atoms with Crippen molar-refractivity contribution in [3.8, 4) is 23.0 Å². The van der Waals surface area contributed by atoms with Crippen LogP contribution < -0.4 is 18.9 Å². The van der Waals surface area contributed by atoms with Gasteiger partial charge in [0.25, 0.3) is 0 Å². The molecule has 1 fully saturated rings. The van der Waals surface area contributed by atoms with Crippen LogP contribution in [0.4, 0.5) is 0 Å². The highest BCUT2D eigenvalue weighted by Gasteiger charge is 2.76. The van der Waals surface area contributed by atoms with Crippen LogP contribution in [0, 0.1) is 5.92 Å². The highest BCUT2D eigenvalue weighted by Crippen LogP contribution is 2.69. The quantitative estimate of drug-likeness (QED) is 0.544. The summed E-state index contributed by atoms with van der Waals surface area (Å²) in [6.45, 7) is 0. The number of aliphatic hydroxyl groups is 2. The van der Waals surface area contributed by atoms with Gasteiger partial charge in [-0.3, -0.25) is 0 Å². The Bertz CT molecular complexity index is 1210. The summed E-state index contributed by atoms with van der Waals surface area (Å²) in [7, 11) is 4.56. The molecule has 0 aromatic heterocycles. The predicted octanol–water partition coefficient (Wildman–Crippen LogP) is 3.16. The zero-order chi connectivity index (χ0) is 24.1. The number of rotatable bonds is 6. The second-order valence-electron chi connectivity index (χ2n) is 8.58. The van der Waals surface area contributed by atoms with Crippen LogP contribution in [0.1, 0.15) is 22.6 Å². The first-order valence-corrected chi connectivity index (χ1v) is 11.0. The Morgan fingerprint density at radius 3 is 2.18 bits per heavy atom. The number of aliphatic hydroxyl groups excluding tert-OH is 1. The number of benzene rings is 3. The molecule has 0 spiro atoms. The number of ether oxygens (including phenoxy) is 4. The Kier molecular flexibility index (Phi) is 5.26. The first kappa shape index (κ1) is 22.3. The van der Waals surface area contributed by atoms with E-state index >= 15 is 0 Å². The molecule has 0 saturated heterocycles. The van der Waals surface area contributed by atoms with Crippen molar-refractivity contribution in [3.05, 3.63) is 83.4 Å². The van der Waals surface area contributed by atoms with E-state index in [9.17, 15) is 15.0 Å². The lowest BCUT2D eigenvalue weighted by atomic mass is 9.70.